The van der Waals surface area contributed by atoms with Gasteiger partial charge in [-0.15, -0.1) is 0 Å². The maximum absolute atomic E-state index is 12.5. The first kappa shape index (κ1) is 15.8. The van der Waals surface area contributed by atoms with Gasteiger partial charge in [0.2, 0.25) is 5.91 Å². The highest BCUT2D eigenvalue weighted by atomic mass is 16.1. The van der Waals surface area contributed by atoms with Gasteiger partial charge in [-0.05, 0) is 44.0 Å². The molecule has 0 fully saturated rings. The van der Waals surface area contributed by atoms with E-state index in [1.807, 2.05) is 67.8 Å². The molecular formula is C20H19N3O. The van der Waals surface area contributed by atoms with E-state index in [-0.39, 0.29) is 12.5 Å². The van der Waals surface area contributed by atoms with Crippen LogP contribution in [0.1, 0.15) is 22.4 Å². The second-order valence-corrected chi connectivity index (χ2v) is 6.04. The fourth-order valence-corrected chi connectivity index (χ4v) is 2.98. The Hall–Kier alpha value is -3.06. The Morgan fingerprint density at radius 1 is 1.17 bits per heavy atom. The molecule has 2 aromatic carbocycles. The minimum atomic E-state index is -0.1000. The molecule has 120 valence electrons. The summed E-state index contributed by atoms with van der Waals surface area (Å²) in [5.74, 6) is -0.1000. The van der Waals surface area contributed by atoms with E-state index in [4.69, 9.17) is 0 Å². The maximum atomic E-state index is 12.5. The van der Waals surface area contributed by atoms with Gasteiger partial charge in [-0.3, -0.25) is 4.79 Å². The van der Waals surface area contributed by atoms with E-state index in [1.54, 1.807) is 0 Å². The minimum Gasteiger partial charge on any atom is -0.334 e. The number of carbonyl (C=O) groups excluding carboxylic acids is 1. The van der Waals surface area contributed by atoms with Crippen molar-refractivity contribution < 1.29 is 4.79 Å². The van der Waals surface area contributed by atoms with Crippen LogP contribution in [0.3, 0.4) is 0 Å². The largest absolute Gasteiger partial charge is 0.334 e. The molecule has 3 rings (SSSR count). The first-order valence-electron chi connectivity index (χ1n) is 7.86. The molecule has 1 heterocycles. The summed E-state index contributed by atoms with van der Waals surface area (Å²) < 4.78 is 1.90. The number of anilines is 1. The second kappa shape index (κ2) is 6.21. The topological polar surface area (TPSA) is 57.8 Å². The number of hydrogen-bond donors (Lipinski definition) is 1. The Labute approximate surface area is 141 Å². The van der Waals surface area contributed by atoms with Crippen LogP contribution in [0, 0.1) is 32.1 Å². The molecule has 0 aliphatic carbocycles. The van der Waals surface area contributed by atoms with Gasteiger partial charge in [0.1, 0.15) is 12.6 Å². The summed E-state index contributed by atoms with van der Waals surface area (Å²) in [4.78, 5) is 12.5. The molecule has 0 aliphatic heterocycles. The number of nitrogens with one attached hydrogen (secondary N) is 1. The summed E-state index contributed by atoms with van der Waals surface area (Å²) in [6.45, 7) is 6.03. The molecule has 1 amide bonds. The predicted molar refractivity (Wildman–Crippen MR) is 95.9 cm³/mol. The van der Waals surface area contributed by atoms with Gasteiger partial charge in [0.05, 0.1) is 11.1 Å². The van der Waals surface area contributed by atoms with Gasteiger partial charge in [-0.1, -0.05) is 30.3 Å². The van der Waals surface area contributed by atoms with Gasteiger partial charge in [-0.25, -0.2) is 0 Å². The van der Waals surface area contributed by atoms with Crippen LogP contribution in [0.15, 0.2) is 42.5 Å². The molecule has 0 unspecified atom stereocenters. The van der Waals surface area contributed by atoms with Gasteiger partial charge in [0, 0.05) is 16.8 Å². The Balaban J connectivity index is 1.93. The smallest absolute Gasteiger partial charge is 0.244 e. The number of amides is 1. The lowest BCUT2D eigenvalue weighted by Crippen LogP contribution is -2.20. The molecule has 24 heavy (non-hydrogen) atoms. The summed E-state index contributed by atoms with van der Waals surface area (Å²) in [5.41, 5.74) is 5.31. The number of rotatable bonds is 3. The number of benzene rings is 2. The molecule has 4 nitrogen and oxygen atoms in total. The van der Waals surface area contributed by atoms with Crippen LogP contribution < -0.4 is 5.32 Å². The first-order chi connectivity index (χ1) is 11.5. The molecule has 0 spiro atoms. The molecule has 0 atom stereocenters. The van der Waals surface area contributed by atoms with E-state index in [0.29, 0.717) is 5.56 Å². The van der Waals surface area contributed by atoms with Crippen LogP contribution in [0.25, 0.3) is 10.9 Å². The lowest BCUT2D eigenvalue weighted by Gasteiger charge is -2.12. The van der Waals surface area contributed by atoms with Crippen molar-refractivity contribution in [3.05, 3.63) is 64.8 Å². The fraction of sp³-hybridized carbons (Fsp3) is 0.200. The van der Waals surface area contributed by atoms with E-state index >= 15 is 0 Å². The quantitative estimate of drug-likeness (QED) is 0.791. The Morgan fingerprint density at radius 3 is 2.67 bits per heavy atom. The highest BCUT2D eigenvalue weighted by Crippen LogP contribution is 2.25. The Morgan fingerprint density at radius 2 is 1.92 bits per heavy atom. The van der Waals surface area contributed by atoms with E-state index in [9.17, 15) is 10.1 Å². The van der Waals surface area contributed by atoms with Crippen LogP contribution >= 0.6 is 0 Å². The predicted octanol–water partition coefficient (Wildman–Crippen LogP) is 4.08. The molecule has 0 radical (unpaired) electrons. The van der Waals surface area contributed by atoms with Crippen LogP contribution in [-0.2, 0) is 11.3 Å². The van der Waals surface area contributed by atoms with Gasteiger partial charge in [-0.2, -0.15) is 5.26 Å². The SMILES string of the molecule is Cc1ccc(C)c(NC(=O)Cn2c(C)c(C#N)c3ccccc32)c1. The van der Waals surface area contributed by atoms with Crippen LogP contribution in [0.5, 0.6) is 0 Å². The third kappa shape index (κ3) is 2.77. The average molecular weight is 317 g/mol. The standard InChI is InChI=1S/C20H19N3O/c1-13-8-9-14(2)18(10-13)22-20(24)12-23-15(3)17(11-21)16-6-4-5-7-19(16)23/h4-10H,12H2,1-3H3,(H,22,24). The van der Waals surface area contributed by atoms with Crippen molar-refractivity contribution in [2.75, 3.05) is 5.32 Å². The fourth-order valence-electron chi connectivity index (χ4n) is 2.98. The number of aryl methyl sites for hydroxylation is 2. The van der Waals surface area contributed by atoms with Crippen LogP contribution in [-0.4, -0.2) is 10.5 Å². The molecule has 1 N–H and O–H groups in total. The molecule has 0 saturated carbocycles. The summed E-state index contributed by atoms with van der Waals surface area (Å²) in [6.07, 6.45) is 0. The Kier molecular flexibility index (Phi) is 4.09. The molecule has 4 heteroatoms. The average Bonchev–Trinajstić information content (AvgIpc) is 2.83. The third-order valence-corrected chi connectivity index (χ3v) is 4.31. The first-order valence-corrected chi connectivity index (χ1v) is 7.86. The van der Waals surface area contributed by atoms with Crippen molar-refractivity contribution in [1.29, 1.82) is 5.26 Å². The van der Waals surface area contributed by atoms with E-state index in [2.05, 4.69) is 11.4 Å². The number of nitrogens with zero attached hydrogens (tertiary/aromatic N) is 2. The molecular weight excluding hydrogens is 298 g/mol. The highest BCUT2D eigenvalue weighted by molar-refractivity contribution is 5.94. The summed E-state index contributed by atoms with van der Waals surface area (Å²) in [6, 6.07) is 15.9. The van der Waals surface area contributed by atoms with Crippen molar-refractivity contribution in [2.24, 2.45) is 0 Å². The third-order valence-electron chi connectivity index (χ3n) is 4.31. The van der Waals surface area contributed by atoms with Gasteiger partial charge >= 0.3 is 0 Å². The minimum absolute atomic E-state index is 0.1000. The molecule has 3 aromatic rings. The van der Waals surface area contributed by atoms with Crippen molar-refractivity contribution in [3.8, 4) is 6.07 Å². The number of carbonyl (C=O) groups is 1. The summed E-state index contributed by atoms with van der Waals surface area (Å²) in [7, 11) is 0. The molecule has 0 saturated heterocycles. The lowest BCUT2D eigenvalue weighted by atomic mass is 10.1. The van der Waals surface area contributed by atoms with Crippen LogP contribution in [0.2, 0.25) is 0 Å². The number of nitriles is 1. The van der Waals surface area contributed by atoms with Crippen molar-refractivity contribution in [1.82, 2.24) is 4.57 Å². The number of para-hydroxylation sites is 1. The van der Waals surface area contributed by atoms with E-state index in [0.717, 1.165) is 33.4 Å². The molecule has 0 aliphatic rings. The van der Waals surface area contributed by atoms with Crippen molar-refractivity contribution in [3.63, 3.8) is 0 Å². The van der Waals surface area contributed by atoms with Crippen molar-refractivity contribution in [2.45, 2.75) is 27.3 Å². The number of hydrogen-bond acceptors (Lipinski definition) is 2. The summed E-state index contributed by atoms with van der Waals surface area (Å²) in [5, 5.41) is 13.3. The van der Waals surface area contributed by atoms with Crippen molar-refractivity contribution >= 4 is 22.5 Å². The van der Waals surface area contributed by atoms with Crippen LogP contribution in [0.4, 0.5) is 5.69 Å². The van der Waals surface area contributed by atoms with E-state index in [1.165, 1.54) is 0 Å². The normalized spacial score (nSPS) is 10.6. The zero-order valence-corrected chi connectivity index (χ0v) is 14.1. The van der Waals surface area contributed by atoms with Gasteiger partial charge < -0.3 is 9.88 Å². The molecule has 0 bridgehead atoms. The summed E-state index contributed by atoms with van der Waals surface area (Å²) >= 11 is 0. The zero-order chi connectivity index (χ0) is 17.3. The van der Waals surface area contributed by atoms with E-state index < -0.39 is 0 Å². The van der Waals surface area contributed by atoms with Gasteiger partial charge in [0.15, 0.2) is 0 Å². The number of aromatic nitrogens is 1. The highest BCUT2D eigenvalue weighted by Gasteiger charge is 2.15. The van der Waals surface area contributed by atoms with Gasteiger partial charge in [0.25, 0.3) is 0 Å². The molecule has 1 aromatic heterocycles. The lowest BCUT2D eigenvalue weighted by molar-refractivity contribution is -0.116. The monoisotopic (exact) mass is 317 g/mol. The maximum Gasteiger partial charge on any atom is 0.244 e. The Bertz CT molecular complexity index is 976. The second-order valence-electron chi connectivity index (χ2n) is 6.04. The zero-order valence-electron chi connectivity index (χ0n) is 14.1. The number of fused-ring (bicyclic) bond motifs is 1.